The van der Waals surface area contributed by atoms with Gasteiger partial charge < -0.3 is 9.73 Å². The van der Waals surface area contributed by atoms with Crippen molar-refractivity contribution in [1.82, 2.24) is 15.2 Å². The number of carbonyl (C=O) groups is 1. The first kappa shape index (κ1) is 17.6. The van der Waals surface area contributed by atoms with E-state index in [1.807, 2.05) is 49.6 Å². The molecule has 3 aliphatic rings. The molecule has 1 aromatic heterocycles. The molecule has 6 heteroatoms. The highest BCUT2D eigenvalue weighted by Crippen LogP contribution is 2.27. The fourth-order valence-corrected chi connectivity index (χ4v) is 3.66. The molecule has 29 heavy (non-hydrogen) atoms. The average molecular weight is 384 g/mol. The van der Waals surface area contributed by atoms with Crippen LogP contribution in [0.25, 0.3) is 16.7 Å². The van der Waals surface area contributed by atoms with Crippen molar-refractivity contribution in [3.8, 4) is 0 Å². The van der Waals surface area contributed by atoms with Gasteiger partial charge in [-0.2, -0.15) is 0 Å². The van der Waals surface area contributed by atoms with Crippen LogP contribution in [0.3, 0.4) is 0 Å². The Bertz CT molecular complexity index is 1190. The zero-order valence-electron chi connectivity index (χ0n) is 16.1. The van der Waals surface area contributed by atoms with E-state index in [9.17, 15) is 4.79 Å². The van der Waals surface area contributed by atoms with E-state index in [1.165, 1.54) is 5.57 Å². The molecule has 0 atom stereocenters. The monoisotopic (exact) mass is 384 g/mol. The summed E-state index contributed by atoms with van der Waals surface area (Å²) in [6.45, 7) is 3.57. The van der Waals surface area contributed by atoms with Crippen LogP contribution in [0.2, 0.25) is 0 Å². The molecule has 3 aliphatic heterocycles. The number of carbonyl (C=O) groups excluding carboxylic acids is 1. The number of nitrogens with one attached hydrogen (secondary N) is 1. The summed E-state index contributed by atoms with van der Waals surface area (Å²) in [5.41, 5.74) is 6.01. The number of rotatable bonds is 2. The van der Waals surface area contributed by atoms with Gasteiger partial charge in [0, 0.05) is 25.7 Å². The standard InChI is InChI=1S/C23H20N4O2/c1-15-26-20-6-5-18(11-22(20)29-15)17-3-2-4-19-13-25-21(14-27(19)23(28)12-17)16-7-9-24-10-8-16/h2-7,11-14,24H,8-10H2,1H3/b3-2?,17-12?,19-4+. The van der Waals surface area contributed by atoms with Crippen LogP contribution in [0.15, 0.2) is 81.2 Å². The van der Waals surface area contributed by atoms with Crippen molar-refractivity contribution in [2.45, 2.75) is 13.3 Å². The molecule has 0 radical (unpaired) electrons. The first-order valence-electron chi connectivity index (χ1n) is 9.64. The zero-order valence-corrected chi connectivity index (χ0v) is 16.1. The normalized spacial score (nSPS) is 21.0. The fourth-order valence-electron chi connectivity index (χ4n) is 3.66. The Balaban J connectivity index is 1.51. The van der Waals surface area contributed by atoms with Crippen molar-refractivity contribution in [1.29, 1.82) is 0 Å². The van der Waals surface area contributed by atoms with Crippen LogP contribution in [-0.2, 0) is 4.79 Å². The van der Waals surface area contributed by atoms with E-state index in [1.54, 1.807) is 17.2 Å². The van der Waals surface area contributed by atoms with Crippen LogP contribution in [0.4, 0.5) is 0 Å². The molecule has 0 saturated carbocycles. The Morgan fingerprint density at radius 1 is 1.28 bits per heavy atom. The molecule has 2 aromatic rings. The maximum absolute atomic E-state index is 13.1. The molecule has 1 amide bonds. The Morgan fingerprint density at radius 3 is 3.07 bits per heavy atom. The summed E-state index contributed by atoms with van der Waals surface area (Å²) in [6, 6.07) is 5.79. The highest BCUT2D eigenvalue weighted by molar-refractivity contribution is 6.03. The molecule has 0 saturated heterocycles. The largest absolute Gasteiger partial charge is 0.441 e. The van der Waals surface area contributed by atoms with Gasteiger partial charge >= 0.3 is 0 Å². The van der Waals surface area contributed by atoms with E-state index in [-0.39, 0.29) is 5.91 Å². The molecular formula is C23H20N4O2. The van der Waals surface area contributed by atoms with Gasteiger partial charge in [0.1, 0.15) is 5.52 Å². The van der Waals surface area contributed by atoms with Crippen LogP contribution < -0.4 is 5.32 Å². The number of oxazole rings is 1. The Labute approximate surface area is 168 Å². The first-order chi connectivity index (χ1) is 14.2. The van der Waals surface area contributed by atoms with E-state index >= 15 is 0 Å². The number of benzene rings is 1. The van der Waals surface area contributed by atoms with E-state index in [2.05, 4.69) is 21.4 Å². The van der Waals surface area contributed by atoms with Gasteiger partial charge in [-0.15, -0.1) is 0 Å². The first-order valence-corrected chi connectivity index (χ1v) is 9.64. The molecule has 1 N–H and O–H groups in total. The second-order valence-corrected chi connectivity index (χ2v) is 7.13. The minimum Gasteiger partial charge on any atom is -0.441 e. The molecule has 0 bridgehead atoms. The maximum Gasteiger partial charge on any atom is 0.255 e. The second kappa shape index (κ2) is 7.14. The lowest BCUT2D eigenvalue weighted by molar-refractivity contribution is -0.121. The van der Waals surface area contributed by atoms with E-state index in [0.29, 0.717) is 11.5 Å². The molecule has 6 nitrogen and oxygen atoms in total. The Morgan fingerprint density at radius 2 is 2.21 bits per heavy atom. The number of allylic oxidation sites excluding steroid dienone is 6. The molecule has 1 aromatic carbocycles. The van der Waals surface area contributed by atoms with Crippen molar-refractivity contribution in [2.24, 2.45) is 4.99 Å². The molecule has 0 unspecified atom stereocenters. The quantitative estimate of drug-likeness (QED) is 0.858. The topological polar surface area (TPSA) is 70.7 Å². The van der Waals surface area contributed by atoms with Gasteiger partial charge in [0.2, 0.25) is 0 Å². The van der Waals surface area contributed by atoms with Crippen molar-refractivity contribution < 1.29 is 9.21 Å². The van der Waals surface area contributed by atoms with Crippen LogP contribution in [-0.4, -0.2) is 35.1 Å². The number of nitrogens with zero attached hydrogens (tertiary/aromatic N) is 3. The molecule has 144 valence electrons. The lowest BCUT2D eigenvalue weighted by Gasteiger charge is -2.25. The number of aromatic nitrogens is 1. The van der Waals surface area contributed by atoms with Gasteiger partial charge in [-0.25, -0.2) is 4.98 Å². The minimum absolute atomic E-state index is 0.109. The Hall–Kier alpha value is -3.51. The van der Waals surface area contributed by atoms with Crippen LogP contribution in [0.5, 0.6) is 0 Å². The number of hydrogen-bond donors (Lipinski definition) is 1. The van der Waals surface area contributed by atoms with E-state index < -0.39 is 0 Å². The van der Waals surface area contributed by atoms with Crippen molar-refractivity contribution in [3.05, 3.63) is 83.2 Å². The maximum atomic E-state index is 13.1. The number of amides is 1. The van der Waals surface area contributed by atoms with Crippen molar-refractivity contribution in [3.63, 3.8) is 0 Å². The molecule has 5 rings (SSSR count). The summed E-state index contributed by atoms with van der Waals surface area (Å²) in [4.78, 5) is 23.6. The van der Waals surface area contributed by atoms with Gasteiger partial charge in [0.25, 0.3) is 5.91 Å². The molecule has 0 aliphatic carbocycles. The average Bonchev–Trinajstić information content (AvgIpc) is 3.11. The fraction of sp³-hybridized carbons (Fsp3) is 0.174. The van der Waals surface area contributed by atoms with E-state index in [0.717, 1.165) is 47.6 Å². The summed E-state index contributed by atoms with van der Waals surface area (Å²) >= 11 is 0. The number of aryl methyl sites for hydroxylation is 1. The molecule has 4 heterocycles. The number of hydrogen-bond acceptors (Lipinski definition) is 5. The number of fused-ring (bicyclic) bond motifs is 2. The summed E-state index contributed by atoms with van der Waals surface area (Å²) in [5, 5.41) is 3.30. The van der Waals surface area contributed by atoms with Crippen LogP contribution >= 0.6 is 0 Å². The lowest BCUT2D eigenvalue weighted by Crippen LogP contribution is -2.28. The van der Waals surface area contributed by atoms with E-state index in [4.69, 9.17) is 4.42 Å². The zero-order chi connectivity index (χ0) is 19.8. The van der Waals surface area contributed by atoms with Gasteiger partial charge in [-0.3, -0.25) is 14.7 Å². The van der Waals surface area contributed by atoms with Gasteiger partial charge in [0.15, 0.2) is 11.5 Å². The van der Waals surface area contributed by atoms with Crippen molar-refractivity contribution >= 4 is 28.8 Å². The molecule has 0 spiro atoms. The third-order valence-corrected chi connectivity index (χ3v) is 5.15. The molecule has 0 fully saturated rings. The van der Waals surface area contributed by atoms with Crippen LogP contribution in [0.1, 0.15) is 17.9 Å². The highest BCUT2D eigenvalue weighted by Gasteiger charge is 2.21. The predicted octanol–water partition coefficient (Wildman–Crippen LogP) is 3.65. The molecular weight excluding hydrogens is 364 g/mol. The minimum atomic E-state index is -0.109. The lowest BCUT2D eigenvalue weighted by atomic mass is 10.0. The summed E-state index contributed by atoms with van der Waals surface area (Å²) in [7, 11) is 0. The summed E-state index contributed by atoms with van der Waals surface area (Å²) in [5.74, 6) is 0.517. The summed E-state index contributed by atoms with van der Waals surface area (Å²) < 4.78 is 5.64. The van der Waals surface area contributed by atoms with Crippen LogP contribution in [0, 0.1) is 6.92 Å². The van der Waals surface area contributed by atoms with Gasteiger partial charge in [-0.1, -0.05) is 24.3 Å². The van der Waals surface area contributed by atoms with Gasteiger partial charge in [-0.05, 0) is 47.9 Å². The summed E-state index contributed by atoms with van der Waals surface area (Å²) in [6.07, 6.45) is 14.0. The third kappa shape index (κ3) is 3.39. The second-order valence-electron chi connectivity index (χ2n) is 7.13. The predicted molar refractivity (Wildman–Crippen MR) is 113 cm³/mol. The smallest absolute Gasteiger partial charge is 0.255 e. The van der Waals surface area contributed by atoms with Crippen molar-refractivity contribution in [2.75, 3.05) is 13.1 Å². The Kier molecular flexibility index (Phi) is 4.33. The highest BCUT2D eigenvalue weighted by atomic mass is 16.3. The SMILES string of the molecule is Cc1nc2ccc(C3=CC(=O)N4C=C(C5=CCNCC5)N=C/C4=C\C=C3)cc2o1. The van der Waals surface area contributed by atoms with Gasteiger partial charge in [0.05, 0.1) is 17.6 Å². The number of aliphatic imine (C=N–C) groups is 1. The third-order valence-electron chi connectivity index (χ3n) is 5.15.